The standard InChI is InChI=1S/C15H26N2O4/c1-2-15(13(18)19)7-9-17(11-15)14(20)16-8-6-12-5-3-4-10-21-12/h12H,2-11H2,1H3,(H,16,20)(H,18,19). The minimum atomic E-state index is -0.795. The summed E-state index contributed by atoms with van der Waals surface area (Å²) >= 11 is 0. The number of hydrogen-bond donors (Lipinski definition) is 2. The van der Waals surface area contributed by atoms with Crippen LogP contribution in [-0.4, -0.2) is 54.4 Å². The molecule has 2 atom stereocenters. The fourth-order valence-corrected chi connectivity index (χ4v) is 3.15. The molecule has 0 aliphatic carbocycles. The molecule has 0 aromatic carbocycles. The lowest BCUT2D eigenvalue weighted by Gasteiger charge is -2.24. The number of nitrogens with zero attached hydrogens (tertiary/aromatic N) is 1. The maximum Gasteiger partial charge on any atom is 0.317 e. The van der Waals surface area contributed by atoms with Crippen LogP contribution >= 0.6 is 0 Å². The summed E-state index contributed by atoms with van der Waals surface area (Å²) in [6, 6.07) is -0.151. The Morgan fingerprint density at radius 2 is 2.24 bits per heavy atom. The van der Waals surface area contributed by atoms with Crippen LogP contribution in [0.15, 0.2) is 0 Å². The molecular formula is C15H26N2O4. The van der Waals surface area contributed by atoms with Crippen LogP contribution in [0.5, 0.6) is 0 Å². The molecule has 2 fully saturated rings. The van der Waals surface area contributed by atoms with Crippen molar-refractivity contribution >= 4 is 12.0 Å². The fourth-order valence-electron chi connectivity index (χ4n) is 3.15. The van der Waals surface area contributed by atoms with Crippen molar-refractivity contribution in [1.82, 2.24) is 10.2 Å². The van der Waals surface area contributed by atoms with E-state index in [0.717, 1.165) is 25.9 Å². The van der Waals surface area contributed by atoms with E-state index in [0.29, 0.717) is 32.5 Å². The average Bonchev–Trinajstić information content (AvgIpc) is 2.94. The summed E-state index contributed by atoms with van der Waals surface area (Å²) in [5, 5.41) is 12.2. The van der Waals surface area contributed by atoms with Crippen molar-refractivity contribution in [3.8, 4) is 0 Å². The van der Waals surface area contributed by atoms with Gasteiger partial charge in [-0.25, -0.2) is 4.79 Å². The number of nitrogens with one attached hydrogen (secondary N) is 1. The van der Waals surface area contributed by atoms with Gasteiger partial charge in [0.1, 0.15) is 0 Å². The molecule has 0 radical (unpaired) electrons. The number of aliphatic carboxylic acids is 1. The third-order valence-corrected chi connectivity index (χ3v) is 4.79. The van der Waals surface area contributed by atoms with Crippen LogP contribution in [0.1, 0.15) is 45.4 Å². The Balaban J connectivity index is 1.73. The number of hydrogen-bond acceptors (Lipinski definition) is 3. The first-order valence-electron chi connectivity index (χ1n) is 7.95. The van der Waals surface area contributed by atoms with Gasteiger partial charge in [0.2, 0.25) is 0 Å². The Bertz CT molecular complexity index is 382. The average molecular weight is 298 g/mol. The topological polar surface area (TPSA) is 78.9 Å². The second-order valence-corrected chi connectivity index (χ2v) is 6.12. The minimum Gasteiger partial charge on any atom is -0.481 e. The molecule has 21 heavy (non-hydrogen) atoms. The summed E-state index contributed by atoms with van der Waals surface area (Å²) < 4.78 is 5.62. The molecule has 2 unspecified atom stereocenters. The molecule has 0 saturated carbocycles. The largest absolute Gasteiger partial charge is 0.481 e. The van der Waals surface area contributed by atoms with Gasteiger partial charge in [0.15, 0.2) is 0 Å². The first kappa shape index (κ1) is 16.1. The van der Waals surface area contributed by atoms with E-state index in [2.05, 4.69) is 5.32 Å². The molecule has 0 aromatic rings. The van der Waals surface area contributed by atoms with E-state index in [1.807, 2.05) is 6.92 Å². The normalized spacial score (nSPS) is 29.4. The highest BCUT2D eigenvalue weighted by Crippen LogP contribution is 2.34. The molecule has 2 rings (SSSR count). The smallest absolute Gasteiger partial charge is 0.317 e. The van der Waals surface area contributed by atoms with Crippen LogP contribution in [0.2, 0.25) is 0 Å². The maximum absolute atomic E-state index is 12.1. The first-order valence-corrected chi connectivity index (χ1v) is 7.95. The van der Waals surface area contributed by atoms with Gasteiger partial charge in [0.05, 0.1) is 11.5 Å². The van der Waals surface area contributed by atoms with Crippen molar-refractivity contribution in [3.63, 3.8) is 0 Å². The van der Waals surface area contributed by atoms with Crippen LogP contribution < -0.4 is 5.32 Å². The van der Waals surface area contributed by atoms with Crippen molar-refractivity contribution in [3.05, 3.63) is 0 Å². The number of amides is 2. The Kier molecular flexibility index (Phi) is 5.45. The second-order valence-electron chi connectivity index (χ2n) is 6.12. The molecule has 0 aromatic heterocycles. The highest BCUT2D eigenvalue weighted by atomic mass is 16.5. The summed E-state index contributed by atoms with van der Waals surface area (Å²) in [4.78, 5) is 25.1. The molecule has 2 N–H and O–H groups in total. The molecule has 2 saturated heterocycles. The van der Waals surface area contributed by atoms with E-state index >= 15 is 0 Å². The molecule has 2 aliphatic rings. The summed E-state index contributed by atoms with van der Waals surface area (Å²) in [6.45, 7) is 4.11. The van der Waals surface area contributed by atoms with Crippen LogP contribution in [0.3, 0.4) is 0 Å². The maximum atomic E-state index is 12.1. The summed E-state index contributed by atoms with van der Waals surface area (Å²) in [6.07, 6.45) is 5.58. The highest BCUT2D eigenvalue weighted by molar-refractivity contribution is 5.79. The van der Waals surface area contributed by atoms with Gasteiger partial charge in [-0.15, -0.1) is 0 Å². The molecule has 6 heteroatoms. The van der Waals surface area contributed by atoms with Crippen molar-refractivity contribution in [2.75, 3.05) is 26.2 Å². The number of carboxylic acid groups (broad SMARTS) is 1. The molecule has 2 heterocycles. The van der Waals surface area contributed by atoms with E-state index in [1.165, 1.54) is 6.42 Å². The van der Waals surface area contributed by atoms with Gasteiger partial charge in [-0.2, -0.15) is 0 Å². The molecule has 2 amide bonds. The summed E-state index contributed by atoms with van der Waals surface area (Å²) in [5.74, 6) is -0.795. The van der Waals surface area contributed by atoms with Crippen LogP contribution in [0.25, 0.3) is 0 Å². The number of likely N-dealkylation sites (tertiary alicyclic amines) is 1. The van der Waals surface area contributed by atoms with Gasteiger partial charge >= 0.3 is 12.0 Å². The second kappa shape index (κ2) is 7.11. The van der Waals surface area contributed by atoms with Gasteiger partial charge in [0, 0.05) is 26.2 Å². The number of rotatable bonds is 5. The first-order chi connectivity index (χ1) is 10.1. The monoisotopic (exact) mass is 298 g/mol. The zero-order valence-corrected chi connectivity index (χ0v) is 12.8. The van der Waals surface area contributed by atoms with E-state index < -0.39 is 11.4 Å². The number of carboxylic acids is 1. The van der Waals surface area contributed by atoms with E-state index in [1.54, 1.807) is 4.90 Å². The molecule has 6 nitrogen and oxygen atoms in total. The third-order valence-electron chi connectivity index (χ3n) is 4.79. The Morgan fingerprint density at radius 1 is 1.43 bits per heavy atom. The number of ether oxygens (including phenoxy) is 1. The van der Waals surface area contributed by atoms with E-state index in [4.69, 9.17) is 4.74 Å². The van der Waals surface area contributed by atoms with Crippen LogP contribution in [-0.2, 0) is 9.53 Å². The minimum absolute atomic E-state index is 0.151. The van der Waals surface area contributed by atoms with Crippen molar-refractivity contribution in [2.45, 2.75) is 51.6 Å². The van der Waals surface area contributed by atoms with Gasteiger partial charge in [0.25, 0.3) is 0 Å². The molecule has 0 bridgehead atoms. The van der Waals surface area contributed by atoms with E-state index in [-0.39, 0.29) is 12.1 Å². The number of carbonyl (C=O) groups is 2. The lowest BCUT2D eigenvalue weighted by atomic mass is 9.84. The summed E-state index contributed by atoms with van der Waals surface area (Å²) in [7, 11) is 0. The molecule has 2 aliphatic heterocycles. The van der Waals surface area contributed by atoms with Gasteiger partial charge < -0.3 is 20.1 Å². The Labute approximate surface area is 125 Å². The third kappa shape index (κ3) is 3.87. The van der Waals surface area contributed by atoms with Gasteiger partial charge in [-0.05, 0) is 38.5 Å². The molecule has 0 spiro atoms. The van der Waals surface area contributed by atoms with Gasteiger partial charge in [-0.1, -0.05) is 6.92 Å². The zero-order valence-electron chi connectivity index (χ0n) is 12.8. The highest BCUT2D eigenvalue weighted by Gasteiger charge is 2.44. The number of urea groups is 1. The lowest BCUT2D eigenvalue weighted by Crippen LogP contribution is -2.42. The van der Waals surface area contributed by atoms with Crippen molar-refractivity contribution in [2.24, 2.45) is 5.41 Å². The van der Waals surface area contributed by atoms with E-state index in [9.17, 15) is 14.7 Å². The fraction of sp³-hybridized carbons (Fsp3) is 0.867. The molecule has 120 valence electrons. The van der Waals surface area contributed by atoms with Crippen LogP contribution in [0, 0.1) is 5.41 Å². The quantitative estimate of drug-likeness (QED) is 0.812. The van der Waals surface area contributed by atoms with Crippen LogP contribution in [0.4, 0.5) is 4.79 Å². The van der Waals surface area contributed by atoms with Crippen molar-refractivity contribution in [1.29, 1.82) is 0 Å². The van der Waals surface area contributed by atoms with Gasteiger partial charge in [-0.3, -0.25) is 4.79 Å². The Hall–Kier alpha value is -1.30. The predicted octanol–water partition coefficient (Wildman–Crippen LogP) is 1.84. The molecular weight excluding hydrogens is 272 g/mol. The van der Waals surface area contributed by atoms with Crippen molar-refractivity contribution < 1.29 is 19.4 Å². The summed E-state index contributed by atoms with van der Waals surface area (Å²) in [5.41, 5.74) is -0.760. The predicted molar refractivity (Wildman–Crippen MR) is 78.2 cm³/mol. The zero-order chi connectivity index (χ0) is 15.3. The Morgan fingerprint density at radius 3 is 2.81 bits per heavy atom. The number of carbonyl (C=O) groups excluding carboxylic acids is 1. The lowest BCUT2D eigenvalue weighted by molar-refractivity contribution is -0.148. The SMILES string of the molecule is CCC1(C(=O)O)CCN(C(=O)NCCC2CCCCO2)C1.